The maximum absolute atomic E-state index is 13.8. The Labute approximate surface area is 208 Å². The van der Waals surface area contributed by atoms with Crippen molar-refractivity contribution in [3.8, 4) is 6.07 Å². The lowest BCUT2D eigenvalue weighted by molar-refractivity contribution is -0.116. The molecule has 2 aromatic carbocycles. The van der Waals surface area contributed by atoms with E-state index in [1.165, 1.54) is 4.88 Å². The van der Waals surface area contributed by atoms with Crippen LogP contribution in [0.1, 0.15) is 46.9 Å². The summed E-state index contributed by atoms with van der Waals surface area (Å²) in [4.78, 5) is 17.9. The highest BCUT2D eigenvalue weighted by molar-refractivity contribution is 7.12. The second-order valence-corrected chi connectivity index (χ2v) is 10.3. The quantitative estimate of drug-likeness (QED) is 0.448. The van der Waals surface area contributed by atoms with Crippen LogP contribution in [0.15, 0.2) is 89.4 Å². The molecule has 1 aliphatic heterocycles. The summed E-state index contributed by atoms with van der Waals surface area (Å²) in [5, 5.41) is 10.8. The van der Waals surface area contributed by atoms with Crippen LogP contribution in [0.25, 0.3) is 0 Å². The summed E-state index contributed by atoms with van der Waals surface area (Å²) in [6, 6.07) is 24.0. The first-order valence-electron chi connectivity index (χ1n) is 11.4. The maximum atomic E-state index is 13.8. The molecule has 1 aromatic heterocycles. The molecule has 2 aliphatic rings. The van der Waals surface area contributed by atoms with Crippen LogP contribution in [0.5, 0.6) is 0 Å². The van der Waals surface area contributed by atoms with E-state index < -0.39 is 5.92 Å². The van der Waals surface area contributed by atoms with Crippen LogP contribution in [0.2, 0.25) is 5.02 Å². The van der Waals surface area contributed by atoms with Crippen LogP contribution < -0.4 is 10.6 Å². The summed E-state index contributed by atoms with van der Waals surface area (Å²) in [7, 11) is 0. The molecule has 2 heterocycles. The number of hydrogen-bond donors (Lipinski definition) is 1. The summed E-state index contributed by atoms with van der Waals surface area (Å²) in [5.74, 6) is 0.0334. The standard InChI is InChI=1S/C28H24ClN3OS/c1-2-21-11-12-25(34-21)26-22(16-30)28(31)32(20-10-6-9-19(29)15-20)23-13-18(14-24(33)27(23)26)17-7-4-3-5-8-17/h3-12,15,18,26H,2,13-14,31H2,1H3/t18-,26-/m1/s1. The summed E-state index contributed by atoms with van der Waals surface area (Å²) in [5.41, 5.74) is 10.6. The molecular formula is C28H24ClN3OS. The SMILES string of the molecule is CCc1ccc([C@H]2C(C#N)=C(N)N(c3cccc(Cl)c3)C3=C2C(=O)C[C@H](c2ccccc2)C3)s1. The number of anilines is 1. The van der Waals surface area contributed by atoms with Gasteiger partial charge in [-0.25, -0.2) is 0 Å². The molecule has 34 heavy (non-hydrogen) atoms. The number of nitrogens with zero attached hydrogens (tertiary/aromatic N) is 2. The molecule has 2 atom stereocenters. The van der Waals surface area contributed by atoms with E-state index in [2.05, 4.69) is 31.2 Å². The van der Waals surface area contributed by atoms with Crippen molar-refractivity contribution >= 4 is 34.4 Å². The Morgan fingerprint density at radius 2 is 1.91 bits per heavy atom. The second-order valence-electron chi connectivity index (χ2n) is 8.62. The number of carbonyl (C=O) groups is 1. The third-order valence-electron chi connectivity index (χ3n) is 6.62. The Morgan fingerprint density at radius 3 is 2.59 bits per heavy atom. The topological polar surface area (TPSA) is 70.1 Å². The molecule has 0 saturated carbocycles. The number of thiophene rings is 1. The van der Waals surface area contributed by atoms with Crippen molar-refractivity contribution in [2.24, 2.45) is 5.73 Å². The van der Waals surface area contributed by atoms with E-state index in [1.807, 2.05) is 47.4 Å². The molecule has 170 valence electrons. The number of allylic oxidation sites excluding steroid dienone is 3. The summed E-state index contributed by atoms with van der Waals surface area (Å²) in [6.07, 6.45) is 1.97. The average molecular weight is 486 g/mol. The molecule has 0 bridgehead atoms. The number of halogens is 1. The van der Waals surface area contributed by atoms with Gasteiger partial charge in [0, 0.05) is 38.2 Å². The third-order valence-corrected chi connectivity index (χ3v) is 8.15. The van der Waals surface area contributed by atoms with Crippen molar-refractivity contribution in [2.45, 2.75) is 38.0 Å². The van der Waals surface area contributed by atoms with Gasteiger partial charge in [0.05, 0.1) is 17.6 Å². The zero-order chi connectivity index (χ0) is 23.8. The molecule has 6 heteroatoms. The number of ketones is 1. The molecule has 2 N–H and O–H groups in total. The first-order valence-corrected chi connectivity index (χ1v) is 12.6. The number of carbonyl (C=O) groups excluding carboxylic acids is 1. The molecule has 3 aromatic rings. The fourth-order valence-electron chi connectivity index (χ4n) is 5.02. The molecule has 1 aliphatic carbocycles. The lowest BCUT2D eigenvalue weighted by Crippen LogP contribution is -2.39. The van der Waals surface area contributed by atoms with Gasteiger partial charge in [-0.15, -0.1) is 11.3 Å². The Morgan fingerprint density at radius 1 is 1.12 bits per heavy atom. The van der Waals surface area contributed by atoms with Crippen LogP contribution in [0.4, 0.5) is 5.69 Å². The molecule has 0 fully saturated rings. The van der Waals surface area contributed by atoms with Crippen molar-refractivity contribution in [3.63, 3.8) is 0 Å². The normalized spacial score (nSPS) is 20.4. The predicted molar refractivity (Wildman–Crippen MR) is 138 cm³/mol. The molecule has 4 nitrogen and oxygen atoms in total. The number of rotatable bonds is 4. The van der Waals surface area contributed by atoms with E-state index >= 15 is 0 Å². The lowest BCUT2D eigenvalue weighted by Gasteiger charge is -2.41. The molecule has 0 spiro atoms. The first kappa shape index (κ1) is 22.5. The fourth-order valence-corrected chi connectivity index (χ4v) is 6.28. The minimum absolute atomic E-state index is 0.0424. The smallest absolute Gasteiger partial charge is 0.162 e. The van der Waals surface area contributed by atoms with Crippen molar-refractivity contribution in [2.75, 3.05) is 4.90 Å². The van der Waals surface area contributed by atoms with Gasteiger partial charge in [0.15, 0.2) is 5.78 Å². The van der Waals surface area contributed by atoms with Gasteiger partial charge in [-0.3, -0.25) is 9.69 Å². The average Bonchev–Trinajstić information content (AvgIpc) is 3.32. The Balaban J connectivity index is 1.72. The van der Waals surface area contributed by atoms with Gasteiger partial charge in [-0.1, -0.05) is 54.9 Å². The minimum Gasteiger partial charge on any atom is -0.384 e. The van der Waals surface area contributed by atoms with E-state index in [0.29, 0.717) is 34.8 Å². The monoisotopic (exact) mass is 485 g/mol. The highest BCUT2D eigenvalue weighted by atomic mass is 35.5. The van der Waals surface area contributed by atoms with Gasteiger partial charge < -0.3 is 5.73 Å². The zero-order valence-corrected chi connectivity index (χ0v) is 20.4. The van der Waals surface area contributed by atoms with Gasteiger partial charge in [-0.05, 0) is 54.7 Å². The first-order chi connectivity index (χ1) is 16.5. The molecule has 0 radical (unpaired) electrons. The molecular weight excluding hydrogens is 462 g/mol. The molecule has 0 saturated heterocycles. The van der Waals surface area contributed by atoms with Crippen molar-refractivity contribution < 1.29 is 4.79 Å². The lowest BCUT2D eigenvalue weighted by atomic mass is 9.73. The van der Waals surface area contributed by atoms with Crippen molar-refractivity contribution in [1.29, 1.82) is 5.26 Å². The van der Waals surface area contributed by atoms with Crippen LogP contribution in [0, 0.1) is 11.3 Å². The van der Waals surface area contributed by atoms with Gasteiger partial charge in [0.2, 0.25) is 0 Å². The molecule has 0 amide bonds. The second kappa shape index (κ2) is 9.13. The predicted octanol–water partition coefficient (Wildman–Crippen LogP) is 6.66. The van der Waals surface area contributed by atoms with E-state index in [0.717, 1.165) is 28.2 Å². The number of hydrogen-bond acceptors (Lipinski definition) is 5. The number of nitrogens with two attached hydrogens (primary N) is 1. The fraction of sp³-hybridized carbons (Fsp3) is 0.214. The van der Waals surface area contributed by atoms with E-state index in [4.69, 9.17) is 17.3 Å². The van der Waals surface area contributed by atoms with Crippen LogP contribution in [0.3, 0.4) is 0 Å². The number of benzene rings is 2. The van der Waals surface area contributed by atoms with Gasteiger partial charge in [0.25, 0.3) is 0 Å². The Bertz CT molecular complexity index is 1370. The van der Waals surface area contributed by atoms with Crippen LogP contribution in [-0.4, -0.2) is 5.78 Å². The maximum Gasteiger partial charge on any atom is 0.162 e. The van der Waals surface area contributed by atoms with E-state index in [1.54, 1.807) is 17.4 Å². The third kappa shape index (κ3) is 3.83. The van der Waals surface area contributed by atoms with Gasteiger partial charge >= 0.3 is 0 Å². The zero-order valence-electron chi connectivity index (χ0n) is 18.8. The molecule has 0 unspecified atom stereocenters. The number of aryl methyl sites for hydroxylation is 1. The highest BCUT2D eigenvalue weighted by Gasteiger charge is 2.43. The number of nitriles is 1. The van der Waals surface area contributed by atoms with Gasteiger partial charge in [0.1, 0.15) is 5.82 Å². The van der Waals surface area contributed by atoms with E-state index in [-0.39, 0.29) is 11.7 Å². The molecule has 5 rings (SSSR count). The van der Waals surface area contributed by atoms with Gasteiger partial charge in [-0.2, -0.15) is 5.26 Å². The van der Waals surface area contributed by atoms with E-state index in [9.17, 15) is 10.1 Å². The van der Waals surface area contributed by atoms with Crippen molar-refractivity contribution in [1.82, 2.24) is 0 Å². The van der Waals surface area contributed by atoms with Crippen LogP contribution in [-0.2, 0) is 11.2 Å². The largest absolute Gasteiger partial charge is 0.384 e. The summed E-state index contributed by atoms with van der Waals surface area (Å²) >= 11 is 7.97. The summed E-state index contributed by atoms with van der Waals surface area (Å²) in [6.45, 7) is 2.10. The van der Waals surface area contributed by atoms with Crippen molar-refractivity contribution in [3.05, 3.63) is 110 Å². The highest BCUT2D eigenvalue weighted by Crippen LogP contribution is 2.50. The summed E-state index contributed by atoms with van der Waals surface area (Å²) < 4.78 is 0. The van der Waals surface area contributed by atoms with Crippen LogP contribution >= 0.6 is 22.9 Å². The Kier molecular flexibility index (Phi) is 6.03. The minimum atomic E-state index is -0.440. The Hall–Kier alpha value is -3.33. The number of Topliss-reactive ketones (excluding diaryl/α,β-unsaturated/α-hetero) is 1.